The number of esters is 2. The molecule has 0 heterocycles. The number of carbonyl (C=O) groups excluding carboxylic acids is 2. The molecule has 0 aliphatic rings. The van der Waals surface area contributed by atoms with Gasteiger partial charge in [0.2, 0.25) is 0 Å². The molecule has 0 bridgehead atoms. The fourth-order valence-electron chi connectivity index (χ4n) is 0.931. The van der Waals surface area contributed by atoms with Crippen molar-refractivity contribution in [1.82, 2.24) is 0 Å². The molecule has 0 aliphatic heterocycles. The maximum atomic E-state index is 11.7. The van der Waals surface area contributed by atoms with E-state index >= 15 is 0 Å². The number of hydrogen-bond acceptors (Lipinski definition) is 8. The molecule has 108 valence electrons. The fraction of sp³-hybridized carbons (Fsp3) is 0.400. The molecule has 0 saturated carbocycles. The van der Waals surface area contributed by atoms with Crippen LogP contribution in [-0.4, -0.2) is 32.3 Å². The first-order valence-corrected chi connectivity index (χ1v) is 6.40. The van der Waals surface area contributed by atoms with Gasteiger partial charge in [0.1, 0.15) is 0 Å². The van der Waals surface area contributed by atoms with Gasteiger partial charge in [-0.05, 0) is 0 Å². The molecule has 9 heteroatoms. The molecule has 1 atom stereocenters. The van der Waals surface area contributed by atoms with Crippen LogP contribution in [0.2, 0.25) is 0 Å². The van der Waals surface area contributed by atoms with E-state index in [2.05, 4.69) is 31.7 Å². The first-order chi connectivity index (χ1) is 8.92. The van der Waals surface area contributed by atoms with E-state index in [9.17, 15) is 14.2 Å². The second kappa shape index (κ2) is 8.60. The summed E-state index contributed by atoms with van der Waals surface area (Å²) in [6, 6.07) is 0. The van der Waals surface area contributed by atoms with Gasteiger partial charge < -0.3 is 9.47 Å². The lowest BCUT2D eigenvalue weighted by Gasteiger charge is -2.19. The number of ether oxygens (including phenoxy) is 2. The van der Waals surface area contributed by atoms with Crippen LogP contribution in [0.4, 0.5) is 0 Å². The highest BCUT2D eigenvalue weighted by atomic mass is 31.2. The predicted molar refractivity (Wildman–Crippen MR) is 63.7 cm³/mol. The highest BCUT2D eigenvalue weighted by Crippen LogP contribution is 2.49. The Balaban J connectivity index is 4.90. The van der Waals surface area contributed by atoms with Gasteiger partial charge in [-0.15, -0.1) is 0 Å². The largest absolute Gasteiger partial charge is 0.475 e. The second-order valence-electron chi connectivity index (χ2n) is 2.87. The lowest BCUT2D eigenvalue weighted by Crippen LogP contribution is -2.28. The summed E-state index contributed by atoms with van der Waals surface area (Å²) in [5, 5.41) is 0. The van der Waals surface area contributed by atoms with E-state index in [1.54, 1.807) is 0 Å². The molecule has 0 amide bonds. The molecule has 0 spiro atoms. The zero-order chi connectivity index (χ0) is 14.9. The zero-order valence-corrected chi connectivity index (χ0v) is 11.5. The molecule has 19 heavy (non-hydrogen) atoms. The van der Waals surface area contributed by atoms with Gasteiger partial charge in [0, 0.05) is 14.2 Å². The molecule has 0 rings (SSSR count). The third-order valence-corrected chi connectivity index (χ3v) is 3.14. The second-order valence-corrected chi connectivity index (χ2v) is 4.71. The maximum Gasteiger partial charge on any atom is 0.475 e. The Morgan fingerprint density at radius 3 is 2.11 bits per heavy atom. The summed E-state index contributed by atoms with van der Waals surface area (Å²) in [6.45, 7) is 6.35. The molecular weight excluding hydrogens is 279 g/mol. The molecule has 0 aromatic heterocycles. The Bertz CT molecular complexity index is 383. The standard InChI is InChI=1S/C10H15O8P/c1-5-16-9(11)7-8(10(12)17-6-2)18-19(13,14-3)15-4/h5-6,8H,1-2,7H2,3-4H3. The smallest absolute Gasteiger partial charge is 0.435 e. The van der Waals surface area contributed by atoms with Gasteiger partial charge in [-0.25, -0.2) is 9.36 Å². The van der Waals surface area contributed by atoms with Crippen LogP contribution in [0.3, 0.4) is 0 Å². The number of phosphoric ester groups is 1. The van der Waals surface area contributed by atoms with Gasteiger partial charge in [0.05, 0.1) is 18.9 Å². The summed E-state index contributed by atoms with van der Waals surface area (Å²) in [5.41, 5.74) is 0. The highest BCUT2D eigenvalue weighted by molar-refractivity contribution is 7.48. The van der Waals surface area contributed by atoms with Crippen molar-refractivity contribution in [2.45, 2.75) is 12.5 Å². The fourth-order valence-corrected chi connectivity index (χ4v) is 1.72. The number of carbonyl (C=O) groups is 2. The van der Waals surface area contributed by atoms with E-state index in [0.29, 0.717) is 0 Å². The lowest BCUT2D eigenvalue weighted by atomic mass is 10.2. The van der Waals surface area contributed by atoms with E-state index in [1.807, 2.05) is 0 Å². The van der Waals surface area contributed by atoms with Gasteiger partial charge >= 0.3 is 19.8 Å². The van der Waals surface area contributed by atoms with Crippen LogP contribution in [0.5, 0.6) is 0 Å². The molecule has 1 unspecified atom stereocenters. The van der Waals surface area contributed by atoms with Crippen molar-refractivity contribution in [2.24, 2.45) is 0 Å². The van der Waals surface area contributed by atoms with Crippen molar-refractivity contribution in [3.05, 3.63) is 25.7 Å². The minimum absolute atomic E-state index is 0.560. The number of rotatable bonds is 9. The van der Waals surface area contributed by atoms with Crippen LogP contribution in [0.25, 0.3) is 0 Å². The van der Waals surface area contributed by atoms with Crippen LogP contribution in [0.1, 0.15) is 6.42 Å². The lowest BCUT2D eigenvalue weighted by molar-refractivity contribution is -0.153. The van der Waals surface area contributed by atoms with Crippen molar-refractivity contribution in [1.29, 1.82) is 0 Å². The summed E-state index contributed by atoms with van der Waals surface area (Å²) in [4.78, 5) is 22.8. The molecule has 0 radical (unpaired) electrons. The van der Waals surface area contributed by atoms with Gasteiger partial charge in [-0.3, -0.25) is 18.4 Å². The van der Waals surface area contributed by atoms with E-state index in [1.165, 1.54) is 0 Å². The summed E-state index contributed by atoms with van der Waals surface area (Å²) in [5.74, 6) is -1.83. The molecule has 0 saturated heterocycles. The predicted octanol–water partition coefficient (Wildman–Crippen LogP) is 1.54. The van der Waals surface area contributed by atoms with Crippen molar-refractivity contribution in [3.8, 4) is 0 Å². The quantitative estimate of drug-likeness (QED) is 0.359. The third kappa shape index (κ3) is 6.30. The van der Waals surface area contributed by atoms with Crippen molar-refractivity contribution in [3.63, 3.8) is 0 Å². The van der Waals surface area contributed by atoms with Crippen LogP contribution in [0, 0.1) is 0 Å². The summed E-state index contributed by atoms with van der Waals surface area (Å²) in [7, 11) is -1.84. The van der Waals surface area contributed by atoms with Gasteiger partial charge in [-0.1, -0.05) is 13.2 Å². The third-order valence-electron chi connectivity index (χ3n) is 1.73. The molecule has 0 N–H and O–H groups in total. The van der Waals surface area contributed by atoms with E-state index in [-0.39, 0.29) is 0 Å². The summed E-state index contributed by atoms with van der Waals surface area (Å²) in [6.07, 6.45) is -0.377. The van der Waals surface area contributed by atoms with E-state index in [4.69, 9.17) is 4.52 Å². The molecule has 0 fully saturated rings. The Labute approximate surface area is 110 Å². The molecule has 8 nitrogen and oxygen atoms in total. The Hall–Kier alpha value is -1.47. The summed E-state index contributed by atoms with van der Waals surface area (Å²) < 4.78 is 34.4. The first kappa shape index (κ1) is 17.5. The maximum absolute atomic E-state index is 11.7. The Morgan fingerprint density at radius 1 is 1.16 bits per heavy atom. The minimum Gasteiger partial charge on any atom is -0.435 e. The number of phosphoric acid groups is 1. The molecule has 0 aromatic carbocycles. The van der Waals surface area contributed by atoms with Crippen molar-refractivity contribution >= 4 is 19.8 Å². The monoisotopic (exact) mass is 294 g/mol. The van der Waals surface area contributed by atoms with Crippen LogP contribution in [-0.2, 0) is 37.2 Å². The van der Waals surface area contributed by atoms with E-state index < -0.39 is 32.3 Å². The number of hydrogen-bond donors (Lipinski definition) is 0. The Kier molecular flexibility index (Phi) is 7.94. The SMILES string of the molecule is C=COC(=O)CC(OP(=O)(OC)OC)C(=O)OC=C. The average Bonchev–Trinajstić information content (AvgIpc) is 2.38. The summed E-state index contributed by atoms with van der Waals surface area (Å²) >= 11 is 0. The minimum atomic E-state index is -3.96. The van der Waals surface area contributed by atoms with Crippen molar-refractivity contribution < 1.29 is 37.2 Å². The normalized spacial score (nSPS) is 12.3. The zero-order valence-electron chi connectivity index (χ0n) is 10.6. The molecular formula is C10H15O8P. The first-order valence-electron chi connectivity index (χ1n) is 4.94. The van der Waals surface area contributed by atoms with Gasteiger partial charge in [0.15, 0.2) is 6.10 Å². The van der Waals surface area contributed by atoms with Crippen LogP contribution < -0.4 is 0 Å². The highest BCUT2D eigenvalue weighted by Gasteiger charge is 2.35. The Morgan fingerprint density at radius 2 is 1.68 bits per heavy atom. The topological polar surface area (TPSA) is 97.4 Å². The van der Waals surface area contributed by atoms with Gasteiger partial charge in [0.25, 0.3) is 0 Å². The molecule has 0 aromatic rings. The van der Waals surface area contributed by atoms with E-state index in [0.717, 1.165) is 26.7 Å². The van der Waals surface area contributed by atoms with Gasteiger partial charge in [-0.2, -0.15) is 0 Å². The molecule has 0 aliphatic carbocycles. The van der Waals surface area contributed by atoms with Crippen LogP contribution >= 0.6 is 7.82 Å². The average molecular weight is 294 g/mol. The van der Waals surface area contributed by atoms with Crippen molar-refractivity contribution in [2.75, 3.05) is 14.2 Å². The van der Waals surface area contributed by atoms with Crippen LogP contribution in [0.15, 0.2) is 25.7 Å².